The Balaban J connectivity index is 1.94. The molecule has 0 aliphatic carbocycles. The Morgan fingerprint density at radius 3 is 2.50 bits per heavy atom. The summed E-state index contributed by atoms with van der Waals surface area (Å²) in [5, 5.41) is 9.26. The number of carbonyl (C=O) groups is 2. The minimum atomic E-state index is -5.31. The molecule has 3 aromatic rings. The van der Waals surface area contributed by atoms with Gasteiger partial charge in [0.05, 0.1) is 10.2 Å². The number of aliphatic imine (C=N–C) groups is 1. The highest BCUT2D eigenvalue weighted by molar-refractivity contribution is 9.10. The first-order chi connectivity index (χ1) is 15.1. The third-order valence-electron chi connectivity index (χ3n) is 3.50. The Hall–Kier alpha value is -3.88. The summed E-state index contributed by atoms with van der Waals surface area (Å²) in [7, 11) is 0. The van der Waals surface area contributed by atoms with Gasteiger partial charge in [0.15, 0.2) is 11.5 Å². The number of hydrogen-bond acceptors (Lipinski definition) is 8. The van der Waals surface area contributed by atoms with Crippen molar-refractivity contribution in [2.75, 3.05) is 5.32 Å². The zero-order chi connectivity index (χ0) is 23.3. The van der Waals surface area contributed by atoms with Crippen molar-refractivity contribution in [1.29, 1.82) is 0 Å². The molecule has 15 heteroatoms. The van der Waals surface area contributed by atoms with Crippen molar-refractivity contribution in [2.24, 2.45) is 4.99 Å². The van der Waals surface area contributed by atoms with E-state index in [0.717, 1.165) is 6.07 Å². The minimum absolute atomic E-state index is 0.00474. The van der Waals surface area contributed by atoms with Crippen molar-refractivity contribution >= 4 is 45.1 Å². The summed E-state index contributed by atoms with van der Waals surface area (Å²) in [5.41, 5.74) is 1.48. The SMILES string of the molecule is O=C(Nc1nonc1C(=Nc1ccc(F)c(Br)c1)NOC(=O)C(F)(F)F)c1ccncc1. The summed E-state index contributed by atoms with van der Waals surface area (Å²) < 4.78 is 55.5. The Kier molecular flexibility index (Phi) is 6.77. The first kappa shape index (κ1) is 22.8. The second-order valence-corrected chi connectivity index (χ2v) is 6.55. The molecule has 1 aromatic carbocycles. The van der Waals surface area contributed by atoms with E-state index < -0.39 is 35.4 Å². The van der Waals surface area contributed by atoms with Crippen molar-refractivity contribution in [3.05, 3.63) is 64.3 Å². The highest BCUT2D eigenvalue weighted by Crippen LogP contribution is 2.24. The van der Waals surface area contributed by atoms with E-state index in [2.05, 4.69) is 51.0 Å². The average molecular weight is 517 g/mol. The fraction of sp³-hybridized carbons (Fsp3) is 0.0588. The molecule has 2 aromatic heterocycles. The number of carbonyl (C=O) groups excluding carboxylic acids is 2. The molecule has 0 unspecified atom stereocenters. The van der Waals surface area contributed by atoms with Gasteiger partial charge in [-0.2, -0.15) is 18.7 Å². The zero-order valence-corrected chi connectivity index (χ0v) is 16.9. The lowest BCUT2D eigenvalue weighted by atomic mass is 10.2. The van der Waals surface area contributed by atoms with Gasteiger partial charge in [-0.25, -0.2) is 18.8 Å². The Morgan fingerprint density at radius 1 is 1.12 bits per heavy atom. The molecule has 2 heterocycles. The highest BCUT2D eigenvalue weighted by Gasteiger charge is 2.42. The van der Waals surface area contributed by atoms with Crippen LogP contribution in [0.15, 0.2) is 56.8 Å². The smallest absolute Gasteiger partial charge is 0.333 e. The number of pyridine rings is 1. The van der Waals surface area contributed by atoms with Crippen LogP contribution in [0.2, 0.25) is 0 Å². The van der Waals surface area contributed by atoms with Gasteiger partial charge in [0.25, 0.3) is 5.91 Å². The third kappa shape index (κ3) is 5.63. The number of amides is 1. The third-order valence-corrected chi connectivity index (χ3v) is 4.11. The van der Waals surface area contributed by atoms with Crippen LogP contribution in [0.25, 0.3) is 0 Å². The number of rotatable bonds is 4. The van der Waals surface area contributed by atoms with Crippen LogP contribution in [0.4, 0.5) is 29.1 Å². The number of nitrogens with one attached hydrogen (secondary N) is 2. The summed E-state index contributed by atoms with van der Waals surface area (Å²) in [4.78, 5) is 35.1. The van der Waals surface area contributed by atoms with Crippen LogP contribution >= 0.6 is 15.9 Å². The number of alkyl halides is 3. The predicted octanol–water partition coefficient (Wildman–Crippen LogP) is 3.31. The number of aromatic nitrogens is 3. The molecule has 0 saturated heterocycles. The number of anilines is 1. The fourth-order valence-corrected chi connectivity index (χ4v) is 2.44. The van der Waals surface area contributed by atoms with Crippen LogP contribution in [0.3, 0.4) is 0 Å². The van der Waals surface area contributed by atoms with Gasteiger partial charge in [0, 0.05) is 18.0 Å². The van der Waals surface area contributed by atoms with Crippen LogP contribution < -0.4 is 10.8 Å². The normalized spacial score (nSPS) is 11.7. The molecule has 32 heavy (non-hydrogen) atoms. The van der Waals surface area contributed by atoms with Gasteiger partial charge in [-0.1, -0.05) is 0 Å². The van der Waals surface area contributed by atoms with Gasteiger partial charge in [-0.15, -0.1) is 0 Å². The molecule has 0 radical (unpaired) electrons. The van der Waals surface area contributed by atoms with Gasteiger partial charge in [0.2, 0.25) is 5.82 Å². The van der Waals surface area contributed by atoms with Gasteiger partial charge in [-0.05, 0) is 56.6 Å². The van der Waals surface area contributed by atoms with Crippen molar-refractivity contribution in [1.82, 2.24) is 20.8 Å². The van der Waals surface area contributed by atoms with E-state index >= 15 is 0 Å². The molecule has 0 atom stereocenters. The summed E-state index contributed by atoms with van der Waals surface area (Å²) in [6, 6.07) is 6.16. The van der Waals surface area contributed by atoms with Crippen molar-refractivity contribution in [2.45, 2.75) is 6.18 Å². The maximum Gasteiger partial charge on any atom is 0.493 e. The molecule has 0 fully saturated rings. The Labute approximate surface area is 183 Å². The monoisotopic (exact) mass is 516 g/mol. The lowest BCUT2D eigenvalue weighted by Crippen LogP contribution is -2.35. The topological polar surface area (TPSA) is 132 Å². The zero-order valence-electron chi connectivity index (χ0n) is 15.4. The van der Waals surface area contributed by atoms with Crippen LogP contribution in [0, 0.1) is 5.82 Å². The number of hydrogen-bond donors (Lipinski definition) is 2. The molecule has 0 spiro atoms. The van der Waals surface area contributed by atoms with E-state index in [4.69, 9.17) is 0 Å². The van der Waals surface area contributed by atoms with Crippen molar-refractivity contribution in [3.63, 3.8) is 0 Å². The lowest BCUT2D eigenvalue weighted by Gasteiger charge is -2.10. The van der Waals surface area contributed by atoms with Gasteiger partial charge in [0.1, 0.15) is 5.82 Å². The molecule has 2 N–H and O–H groups in total. The maximum absolute atomic E-state index is 13.5. The molecule has 1 amide bonds. The van der Waals surface area contributed by atoms with Gasteiger partial charge >= 0.3 is 12.1 Å². The van der Waals surface area contributed by atoms with Crippen LogP contribution in [0.5, 0.6) is 0 Å². The van der Waals surface area contributed by atoms with E-state index in [0.29, 0.717) is 0 Å². The van der Waals surface area contributed by atoms with Crippen molar-refractivity contribution in [3.8, 4) is 0 Å². The Bertz CT molecular complexity index is 1170. The van der Waals surface area contributed by atoms with E-state index in [1.165, 1.54) is 36.7 Å². The molecule has 3 rings (SSSR count). The van der Waals surface area contributed by atoms with E-state index in [9.17, 15) is 27.2 Å². The maximum atomic E-state index is 13.5. The minimum Gasteiger partial charge on any atom is -0.333 e. The van der Waals surface area contributed by atoms with Crippen LogP contribution in [0.1, 0.15) is 16.1 Å². The lowest BCUT2D eigenvalue weighted by molar-refractivity contribution is -0.203. The number of benzene rings is 1. The fourth-order valence-electron chi connectivity index (χ4n) is 2.07. The summed E-state index contributed by atoms with van der Waals surface area (Å²) in [5.74, 6) is -4.85. The van der Waals surface area contributed by atoms with Gasteiger partial charge in [-0.3, -0.25) is 9.78 Å². The highest BCUT2D eigenvalue weighted by atomic mass is 79.9. The molecule has 0 aliphatic heterocycles. The largest absolute Gasteiger partial charge is 0.493 e. The standard InChI is InChI=1S/C17H9BrF4N6O4/c18-10-7-9(1-2-11(10)19)24-13(27-31-16(30)17(20,21)22)12-14(28-32-26-12)25-15(29)8-3-5-23-6-4-8/h1-7H,(H,24,27)(H,25,28,29). The average Bonchev–Trinajstić information content (AvgIpc) is 3.21. The van der Waals surface area contributed by atoms with Crippen LogP contribution in [-0.2, 0) is 9.63 Å². The molecular formula is C17H9BrF4N6O4. The number of amidine groups is 1. The first-order valence-electron chi connectivity index (χ1n) is 8.27. The summed E-state index contributed by atoms with van der Waals surface area (Å²) in [6.45, 7) is 0. The van der Waals surface area contributed by atoms with E-state index in [1.807, 2.05) is 0 Å². The van der Waals surface area contributed by atoms with Crippen molar-refractivity contribution < 1.29 is 36.6 Å². The van der Waals surface area contributed by atoms with E-state index in [1.54, 1.807) is 5.48 Å². The second kappa shape index (κ2) is 9.51. The molecule has 10 nitrogen and oxygen atoms in total. The van der Waals surface area contributed by atoms with Gasteiger partial charge < -0.3 is 10.2 Å². The predicted molar refractivity (Wildman–Crippen MR) is 102 cm³/mol. The molecule has 0 saturated carbocycles. The molecule has 0 bridgehead atoms. The number of halogens is 5. The molecular weight excluding hydrogens is 508 g/mol. The Morgan fingerprint density at radius 2 is 1.84 bits per heavy atom. The number of nitrogens with zero attached hydrogens (tertiary/aromatic N) is 4. The molecule has 0 aliphatic rings. The molecule has 166 valence electrons. The summed E-state index contributed by atoms with van der Waals surface area (Å²) >= 11 is 2.94. The second-order valence-electron chi connectivity index (χ2n) is 5.70. The van der Waals surface area contributed by atoms with Crippen LogP contribution in [-0.4, -0.2) is 39.2 Å². The first-order valence-corrected chi connectivity index (χ1v) is 9.06. The quantitative estimate of drug-likeness (QED) is 0.233. The number of hydroxylamine groups is 1. The summed E-state index contributed by atoms with van der Waals surface area (Å²) in [6.07, 6.45) is -2.60. The van der Waals surface area contributed by atoms with E-state index in [-0.39, 0.29) is 21.5 Å².